The van der Waals surface area contributed by atoms with Gasteiger partial charge in [0.05, 0.1) is 19.1 Å². The van der Waals surface area contributed by atoms with Gasteiger partial charge in [0.15, 0.2) is 0 Å². The van der Waals surface area contributed by atoms with Gasteiger partial charge in [0.25, 0.3) is 0 Å². The highest BCUT2D eigenvalue weighted by atomic mass is 16.6. The largest absolute Gasteiger partial charge is 0.491 e. The van der Waals surface area contributed by atoms with E-state index in [4.69, 9.17) is 25.8 Å². The number of rotatable bonds is 8. The molecular weight excluding hydrogens is 412 g/mol. The zero-order valence-corrected chi connectivity index (χ0v) is 16.1. The SMILES string of the molecule is [2H]C1O[C@H](COc2ccc(C(=O)O)cc2)[C@@H](O)[C@H](O)[C@]1(O)COc1ccc(C(=O)O)cc1. The van der Waals surface area contributed by atoms with Crippen LogP contribution in [0, 0.1) is 0 Å². The number of hydrogen-bond donors (Lipinski definition) is 5. The second-order valence-electron chi connectivity index (χ2n) is 6.98. The minimum atomic E-state index is -2.27. The Morgan fingerprint density at radius 3 is 1.94 bits per heavy atom. The number of ether oxygens (including phenoxy) is 3. The van der Waals surface area contributed by atoms with Crippen LogP contribution in [0.25, 0.3) is 0 Å². The lowest BCUT2D eigenvalue weighted by molar-refractivity contribution is -0.245. The molecule has 10 heteroatoms. The zero-order valence-electron chi connectivity index (χ0n) is 17.1. The van der Waals surface area contributed by atoms with Crippen molar-refractivity contribution in [3.05, 3.63) is 59.7 Å². The summed E-state index contributed by atoms with van der Waals surface area (Å²) in [7, 11) is 0. The minimum Gasteiger partial charge on any atom is -0.491 e. The Labute approximate surface area is 178 Å². The van der Waals surface area contributed by atoms with E-state index in [0.29, 0.717) is 0 Å². The number of hydrogen-bond acceptors (Lipinski definition) is 8. The van der Waals surface area contributed by atoms with Crippen LogP contribution < -0.4 is 9.47 Å². The van der Waals surface area contributed by atoms with Crippen molar-refractivity contribution in [3.63, 3.8) is 0 Å². The van der Waals surface area contributed by atoms with Gasteiger partial charge in [-0.3, -0.25) is 0 Å². The van der Waals surface area contributed by atoms with E-state index in [1.807, 2.05) is 0 Å². The standard InChI is InChI=1S/C21H22O10/c22-17-16(9-29-14-5-1-12(2-6-14)19(24)25)31-11-21(28,18(17)23)10-30-15-7-3-13(4-8-15)20(26)27/h1-8,16-18,22-23,28H,9-11H2,(H,24,25)(H,26,27)/t16-,17-,18+,21+/m1/s1/i11D/t11?,16-,17-,18+,21+. The van der Waals surface area contributed by atoms with E-state index < -0.39 is 49.0 Å². The molecule has 0 aliphatic carbocycles. The number of aliphatic hydroxyl groups is 3. The van der Waals surface area contributed by atoms with Crippen LogP contribution in [0.4, 0.5) is 0 Å². The van der Waals surface area contributed by atoms with Crippen molar-refractivity contribution in [1.82, 2.24) is 0 Å². The molecule has 0 aromatic heterocycles. The third kappa shape index (κ3) is 5.30. The van der Waals surface area contributed by atoms with Crippen molar-refractivity contribution in [3.8, 4) is 11.5 Å². The number of carboxylic acids is 2. The first kappa shape index (κ1) is 21.1. The van der Waals surface area contributed by atoms with Crippen LogP contribution in [0.3, 0.4) is 0 Å². The Bertz CT molecular complexity index is 948. The molecule has 1 aliphatic heterocycles. The maximum atomic E-state index is 10.9. The molecule has 5 atom stereocenters. The van der Waals surface area contributed by atoms with Gasteiger partial charge in [0, 0.05) is 0 Å². The van der Waals surface area contributed by atoms with E-state index in [2.05, 4.69) is 0 Å². The Balaban J connectivity index is 1.60. The first-order valence-corrected chi connectivity index (χ1v) is 9.20. The molecule has 1 aliphatic rings. The summed E-state index contributed by atoms with van der Waals surface area (Å²) in [5, 5.41) is 49.4. The van der Waals surface area contributed by atoms with E-state index >= 15 is 0 Å². The Morgan fingerprint density at radius 1 is 0.968 bits per heavy atom. The van der Waals surface area contributed by atoms with Crippen molar-refractivity contribution in [1.29, 1.82) is 0 Å². The van der Waals surface area contributed by atoms with Gasteiger partial charge in [-0.25, -0.2) is 9.59 Å². The van der Waals surface area contributed by atoms with Gasteiger partial charge in [-0.1, -0.05) is 0 Å². The van der Waals surface area contributed by atoms with Crippen LogP contribution >= 0.6 is 0 Å². The molecule has 5 N–H and O–H groups in total. The predicted molar refractivity (Wildman–Crippen MR) is 104 cm³/mol. The molecule has 1 unspecified atom stereocenters. The smallest absolute Gasteiger partial charge is 0.335 e. The number of carbonyl (C=O) groups is 2. The van der Waals surface area contributed by atoms with Crippen LogP contribution in [-0.2, 0) is 4.74 Å². The van der Waals surface area contributed by atoms with Crippen molar-refractivity contribution >= 4 is 11.9 Å². The molecule has 166 valence electrons. The molecule has 0 spiro atoms. The van der Waals surface area contributed by atoms with Crippen LogP contribution in [0.2, 0.25) is 0 Å². The summed E-state index contributed by atoms with van der Waals surface area (Å²) in [5.41, 5.74) is -2.17. The highest BCUT2D eigenvalue weighted by molar-refractivity contribution is 5.88. The van der Waals surface area contributed by atoms with Crippen molar-refractivity contribution in [2.24, 2.45) is 0 Å². The van der Waals surface area contributed by atoms with Crippen molar-refractivity contribution in [2.45, 2.75) is 23.9 Å². The quantitative estimate of drug-likeness (QED) is 0.392. The van der Waals surface area contributed by atoms with Crippen LogP contribution in [-0.4, -0.2) is 81.2 Å². The third-order valence-electron chi connectivity index (χ3n) is 4.75. The second-order valence-corrected chi connectivity index (χ2v) is 6.98. The summed E-state index contributed by atoms with van der Waals surface area (Å²) in [6.45, 7) is -2.56. The van der Waals surface area contributed by atoms with Gasteiger partial charge in [0.1, 0.15) is 48.6 Å². The first-order chi connectivity index (χ1) is 15.1. The van der Waals surface area contributed by atoms with Crippen molar-refractivity contribution < 1.29 is 50.7 Å². The van der Waals surface area contributed by atoms with Gasteiger partial charge < -0.3 is 39.7 Å². The molecule has 2 aromatic carbocycles. The van der Waals surface area contributed by atoms with Crippen LogP contribution in [0.15, 0.2) is 48.5 Å². The lowest BCUT2D eigenvalue weighted by Crippen LogP contribution is -2.64. The van der Waals surface area contributed by atoms with Gasteiger partial charge in [0.2, 0.25) is 0 Å². The first-order valence-electron chi connectivity index (χ1n) is 9.78. The molecule has 0 bridgehead atoms. The molecule has 1 fully saturated rings. The van der Waals surface area contributed by atoms with Crippen molar-refractivity contribution in [2.75, 3.05) is 19.8 Å². The van der Waals surface area contributed by atoms with Gasteiger partial charge in [-0.05, 0) is 48.5 Å². The average Bonchev–Trinajstić information content (AvgIpc) is 2.78. The molecular formula is C21H22O10. The third-order valence-corrected chi connectivity index (χ3v) is 4.75. The lowest BCUT2D eigenvalue weighted by Gasteiger charge is -2.42. The second kappa shape index (κ2) is 9.31. The highest BCUT2D eigenvalue weighted by Gasteiger charge is 2.49. The fourth-order valence-corrected chi connectivity index (χ4v) is 2.88. The number of aliphatic hydroxyl groups excluding tert-OH is 2. The molecule has 1 heterocycles. The minimum absolute atomic E-state index is 0.0336. The highest BCUT2D eigenvalue weighted by Crippen LogP contribution is 2.27. The molecule has 31 heavy (non-hydrogen) atoms. The van der Waals surface area contributed by atoms with Crippen LogP contribution in [0.1, 0.15) is 22.1 Å². The summed E-state index contributed by atoms with van der Waals surface area (Å²) in [4.78, 5) is 21.8. The van der Waals surface area contributed by atoms with Gasteiger partial charge >= 0.3 is 11.9 Å². The number of aromatic carboxylic acids is 2. The fraction of sp³-hybridized carbons (Fsp3) is 0.333. The van der Waals surface area contributed by atoms with Gasteiger partial charge in [-0.15, -0.1) is 0 Å². The number of carboxylic acid groups (broad SMARTS) is 2. The molecule has 2 aromatic rings. The molecule has 10 nitrogen and oxygen atoms in total. The van der Waals surface area contributed by atoms with E-state index in [-0.39, 0.29) is 29.2 Å². The van der Waals surface area contributed by atoms with E-state index in [1.54, 1.807) is 0 Å². The zero-order chi connectivity index (χ0) is 23.5. The number of benzene rings is 2. The summed E-state index contributed by atoms with van der Waals surface area (Å²) >= 11 is 0. The summed E-state index contributed by atoms with van der Waals surface area (Å²) < 4.78 is 24.2. The molecule has 0 saturated carbocycles. The lowest BCUT2D eigenvalue weighted by atomic mass is 9.89. The Hall–Kier alpha value is -3.18. The van der Waals surface area contributed by atoms with E-state index in [0.717, 1.165) is 0 Å². The molecule has 0 radical (unpaired) electrons. The normalized spacial score (nSPS) is 28.4. The topological polar surface area (TPSA) is 163 Å². The van der Waals surface area contributed by atoms with E-state index in [9.17, 15) is 24.9 Å². The maximum absolute atomic E-state index is 10.9. The molecule has 1 saturated heterocycles. The average molecular weight is 435 g/mol. The predicted octanol–water partition coefficient (Wildman–Crippen LogP) is 0.392. The Kier molecular flexibility index (Phi) is 6.33. The van der Waals surface area contributed by atoms with E-state index in [1.165, 1.54) is 48.5 Å². The molecule has 0 amide bonds. The Morgan fingerprint density at radius 2 is 1.45 bits per heavy atom. The summed E-state index contributed by atoms with van der Waals surface area (Å²) in [6, 6.07) is 10.8. The molecule has 3 rings (SSSR count). The maximum Gasteiger partial charge on any atom is 0.335 e. The summed E-state index contributed by atoms with van der Waals surface area (Å²) in [6.07, 6.45) is -4.57. The van der Waals surface area contributed by atoms with Crippen LogP contribution in [0.5, 0.6) is 11.5 Å². The summed E-state index contributed by atoms with van der Waals surface area (Å²) in [5.74, 6) is -1.74. The fourth-order valence-electron chi connectivity index (χ4n) is 2.88. The van der Waals surface area contributed by atoms with Gasteiger partial charge in [-0.2, -0.15) is 0 Å². The monoisotopic (exact) mass is 435 g/mol.